The number of thiocarbonyl (C=S) groups is 1. The van der Waals surface area contributed by atoms with Crippen molar-refractivity contribution >= 4 is 23.0 Å². The zero-order valence-corrected chi connectivity index (χ0v) is 20.8. The normalized spacial score (nSPS) is 17.8. The molecule has 168 valence electrons. The minimum atomic E-state index is 0.0286. The number of ether oxygens (including phenoxy) is 1. The standard InChI is InChI=1S/C26H37N3OS/c1-18-12-13-22(19(2)14-18)27-24(31)29(17-20-10-8-9-11-23(20)30-7)21-15-25(3,4)28-26(5,6)16-21/h8-14,21,28H,15-17H2,1-7H3,(H,27,31). The van der Waals surface area contributed by atoms with Gasteiger partial charge in [-0.1, -0.05) is 35.9 Å². The van der Waals surface area contributed by atoms with Crippen molar-refractivity contribution in [3.63, 3.8) is 0 Å². The van der Waals surface area contributed by atoms with Crippen LogP contribution in [0.5, 0.6) is 5.75 Å². The molecule has 0 aromatic heterocycles. The molecular weight excluding hydrogens is 402 g/mol. The Morgan fingerprint density at radius 3 is 2.35 bits per heavy atom. The van der Waals surface area contributed by atoms with Crippen LogP contribution in [0, 0.1) is 13.8 Å². The van der Waals surface area contributed by atoms with Crippen LogP contribution in [0.15, 0.2) is 42.5 Å². The fourth-order valence-electron chi connectivity index (χ4n) is 5.01. The van der Waals surface area contributed by atoms with Crippen LogP contribution in [-0.4, -0.2) is 34.2 Å². The highest BCUT2D eigenvalue weighted by atomic mass is 32.1. The maximum Gasteiger partial charge on any atom is 0.173 e. The van der Waals surface area contributed by atoms with E-state index in [1.165, 1.54) is 11.1 Å². The molecule has 1 saturated heterocycles. The van der Waals surface area contributed by atoms with Gasteiger partial charge in [-0.2, -0.15) is 0 Å². The second-order valence-electron chi connectivity index (χ2n) is 10.1. The lowest BCUT2D eigenvalue weighted by molar-refractivity contribution is 0.101. The van der Waals surface area contributed by atoms with Crippen molar-refractivity contribution in [2.45, 2.75) is 78.0 Å². The number of aryl methyl sites for hydroxylation is 2. The summed E-state index contributed by atoms with van der Waals surface area (Å²) in [6.45, 7) is 14.1. The van der Waals surface area contributed by atoms with Crippen molar-refractivity contribution in [1.82, 2.24) is 10.2 Å². The largest absolute Gasteiger partial charge is 0.496 e. The Labute approximate surface area is 193 Å². The highest BCUT2D eigenvalue weighted by Crippen LogP contribution is 2.34. The fraction of sp³-hybridized carbons (Fsp3) is 0.500. The first-order chi connectivity index (χ1) is 14.5. The lowest BCUT2D eigenvalue weighted by Gasteiger charge is -2.50. The average molecular weight is 440 g/mol. The molecule has 1 aliphatic rings. The lowest BCUT2D eigenvalue weighted by Crippen LogP contribution is -2.63. The number of para-hydroxylation sites is 1. The molecule has 0 saturated carbocycles. The Kier molecular flexibility index (Phi) is 6.97. The zero-order valence-electron chi connectivity index (χ0n) is 20.0. The van der Waals surface area contributed by atoms with Gasteiger partial charge in [0.05, 0.1) is 7.11 Å². The third-order valence-electron chi connectivity index (χ3n) is 6.03. The lowest BCUT2D eigenvalue weighted by atomic mass is 9.79. The topological polar surface area (TPSA) is 36.5 Å². The predicted octanol–water partition coefficient (Wildman–Crippen LogP) is 5.82. The minimum Gasteiger partial charge on any atom is -0.496 e. The van der Waals surface area contributed by atoms with Crippen LogP contribution in [0.3, 0.4) is 0 Å². The van der Waals surface area contributed by atoms with Crippen LogP contribution >= 0.6 is 12.2 Å². The summed E-state index contributed by atoms with van der Waals surface area (Å²) in [4.78, 5) is 2.36. The quantitative estimate of drug-likeness (QED) is 0.574. The van der Waals surface area contributed by atoms with E-state index in [-0.39, 0.29) is 11.1 Å². The molecule has 1 fully saturated rings. The molecule has 3 rings (SSSR count). The molecule has 0 unspecified atom stereocenters. The van der Waals surface area contributed by atoms with Crippen LogP contribution in [0.1, 0.15) is 57.2 Å². The third-order valence-corrected chi connectivity index (χ3v) is 6.36. The number of methoxy groups -OCH3 is 1. The number of hydrogen-bond acceptors (Lipinski definition) is 3. The molecule has 1 heterocycles. The molecule has 0 bridgehead atoms. The van der Waals surface area contributed by atoms with Crippen LogP contribution < -0.4 is 15.4 Å². The summed E-state index contributed by atoms with van der Waals surface area (Å²) in [7, 11) is 1.73. The molecule has 0 spiro atoms. The van der Waals surface area contributed by atoms with Gasteiger partial charge in [-0.3, -0.25) is 0 Å². The first-order valence-corrected chi connectivity index (χ1v) is 11.5. The Balaban J connectivity index is 1.94. The first-order valence-electron chi connectivity index (χ1n) is 11.1. The van der Waals surface area contributed by atoms with Gasteiger partial charge in [0.25, 0.3) is 0 Å². The van der Waals surface area contributed by atoms with Gasteiger partial charge in [-0.25, -0.2) is 0 Å². The monoisotopic (exact) mass is 439 g/mol. The molecule has 1 aliphatic heterocycles. The molecule has 5 heteroatoms. The van der Waals surface area contributed by atoms with E-state index in [2.05, 4.69) is 87.4 Å². The Morgan fingerprint density at radius 2 is 1.74 bits per heavy atom. The van der Waals surface area contributed by atoms with Crippen molar-refractivity contribution in [3.05, 3.63) is 59.2 Å². The van der Waals surface area contributed by atoms with Gasteiger partial charge in [0.15, 0.2) is 5.11 Å². The zero-order chi connectivity index (χ0) is 22.8. The molecular formula is C26H37N3OS. The molecule has 0 radical (unpaired) electrons. The molecule has 2 aromatic rings. The van der Waals surface area contributed by atoms with Gasteiger partial charge in [0.1, 0.15) is 5.75 Å². The average Bonchev–Trinajstić information content (AvgIpc) is 2.66. The van der Waals surface area contributed by atoms with E-state index < -0.39 is 0 Å². The summed E-state index contributed by atoms with van der Waals surface area (Å²) in [6, 6.07) is 15.0. The molecule has 0 atom stereocenters. The number of rotatable bonds is 5. The Hall–Kier alpha value is -2.11. The van der Waals surface area contributed by atoms with E-state index in [4.69, 9.17) is 17.0 Å². The number of nitrogens with zero attached hydrogens (tertiary/aromatic N) is 1. The third kappa shape index (κ3) is 5.98. The highest BCUT2D eigenvalue weighted by Gasteiger charge is 2.40. The van der Waals surface area contributed by atoms with E-state index >= 15 is 0 Å². The van der Waals surface area contributed by atoms with Gasteiger partial charge >= 0.3 is 0 Å². The number of nitrogens with one attached hydrogen (secondary N) is 2. The van der Waals surface area contributed by atoms with Crippen LogP contribution in [0.4, 0.5) is 5.69 Å². The van der Waals surface area contributed by atoms with Gasteiger partial charge < -0.3 is 20.3 Å². The number of benzene rings is 2. The van der Waals surface area contributed by atoms with Gasteiger partial charge in [-0.15, -0.1) is 0 Å². The van der Waals surface area contributed by atoms with Gasteiger partial charge in [0.2, 0.25) is 0 Å². The molecule has 0 amide bonds. The van der Waals surface area contributed by atoms with Gasteiger partial charge in [0, 0.05) is 34.9 Å². The van der Waals surface area contributed by atoms with E-state index in [1.54, 1.807) is 7.11 Å². The van der Waals surface area contributed by atoms with E-state index in [0.717, 1.165) is 35.0 Å². The number of piperidine rings is 1. The van der Waals surface area contributed by atoms with Gasteiger partial charge in [-0.05, 0) is 84.3 Å². The van der Waals surface area contributed by atoms with Crippen molar-refractivity contribution in [1.29, 1.82) is 0 Å². The first kappa shape index (κ1) is 23.6. The predicted molar refractivity (Wildman–Crippen MR) is 135 cm³/mol. The highest BCUT2D eigenvalue weighted by molar-refractivity contribution is 7.80. The second kappa shape index (κ2) is 9.17. The van der Waals surface area contributed by atoms with E-state index in [0.29, 0.717) is 12.6 Å². The summed E-state index contributed by atoms with van der Waals surface area (Å²) in [5.41, 5.74) is 4.71. The smallest absolute Gasteiger partial charge is 0.173 e. The number of hydrogen-bond donors (Lipinski definition) is 2. The molecule has 2 aromatic carbocycles. The second-order valence-corrected chi connectivity index (χ2v) is 10.5. The summed E-state index contributed by atoms with van der Waals surface area (Å²) in [5, 5.41) is 8.10. The SMILES string of the molecule is COc1ccccc1CN(C(=S)Nc1ccc(C)cc1C)C1CC(C)(C)NC(C)(C)C1. The Morgan fingerprint density at radius 1 is 1.10 bits per heavy atom. The van der Waals surface area contributed by atoms with E-state index in [9.17, 15) is 0 Å². The van der Waals surface area contributed by atoms with Crippen molar-refractivity contribution in [3.8, 4) is 5.75 Å². The molecule has 4 nitrogen and oxygen atoms in total. The molecule has 31 heavy (non-hydrogen) atoms. The summed E-state index contributed by atoms with van der Waals surface area (Å²) in [5.74, 6) is 0.897. The van der Waals surface area contributed by atoms with Crippen molar-refractivity contribution < 1.29 is 4.74 Å². The maximum absolute atomic E-state index is 6.01. The minimum absolute atomic E-state index is 0.0286. The van der Waals surface area contributed by atoms with Crippen LogP contribution in [0.2, 0.25) is 0 Å². The summed E-state index contributed by atoms with van der Waals surface area (Å²) >= 11 is 6.01. The summed E-state index contributed by atoms with van der Waals surface area (Å²) < 4.78 is 5.64. The fourth-order valence-corrected chi connectivity index (χ4v) is 5.34. The molecule has 0 aliphatic carbocycles. The van der Waals surface area contributed by atoms with Crippen molar-refractivity contribution in [2.24, 2.45) is 0 Å². The van der Waals surface area contributed by atoms with Crippen LogP contribution in [-0.2, 0) is 6.54 Å². The van der Waals surface area contributed by atoms with Crippen molar-refractivity contribution in [2.75, 3.05) is 12.4 Å². The number of anilines is 1. The van der Waals surface area contributed by atoms with Crippen LogP contribution in [0.25, 0.3) is 0 Å². The maximum atomic E-state index is 6.01. The summed E-state index contributed by atoms with van der Waals surface area (Å²) in [6.07, 6.45) is 2.03. The van der Waals surface area contributed by atoms with E-state index in [1.807, 2.05) is 12.1 Å². The molecule has 2 N–H and O–H groups in total. The Bertz CT molecular complexity index is 922.